The Labute approximate surface area is 228 Å². The van der Waals surface area contributed by atoms with Gasteiger partial charge in [-0.05, 0) is 35.4 Å². The smallest absolute Gasteiger partial charge is 0.243 e. The predicted molar refractivity (Wildman–Crippen MR) is 151 cm³/mol. The van der Waals surface area contributed by atoms with Crippen LogP contribution >= 0.6 is 11.6 Å². The van der Waals surface area contributed by atoms with E-state index >= 15 is 0 Å². The fourth-order valence-electron chi connectivity index (χ4n) is 5.54. The van der Waals surface area contributed by atoms with Gasteiger partial charge in [-0.15, -0.1) is 0 Å². The zero-order valence-corrected chi connectivity index (χ0v) is 22.2. The number of benzene rings is 3. The lowest BCUT2D eigenvalue weighted by atomic mass is 9.68. The molecule has 192 valence electrons. The number of carbonyl (C=O) groups is 1. The summed E-state index contributed by atoms with van der Waals surface area (Å²) >= 11 is 6.37. The van der Waals surface area contributed by atoms with E-state index in [0.717, 1.165) is 27.6 Å². The van der Waals surface area contributed by atoms with Crippen LogP contribution in [0.3, 0.4) is 0 Å². The minimum atomic E-state index is -1.38. The van der Waals surface area contributed by atoms with E-state index in [2.05, 4.69) is 16.0 Å². The molecule has 1 saturated heterocycles. The minimum absolute atomic E-state index is 0.190. The first-order valence-electron chi connectivity index (χ1n) is 12.6. The average Bonchev–Trinajstić information content (AvgIpc) is 2.97. The molecule has 1 amide bonds. The maximum atomic E-state index is 14.3. The highest BCUT2D eigenvalue weighted by atomic mass is 35.5. The van der Waals surface area contributed by atoms with Gasteiger partial charge in [-0.25, -0.2) is 0 Å². The first kappa shape index (κ1) is 25.6. The number of anilines is 1. The molecule has 2 atom stereocenters. The SMILES string of the molecule is COc1ccccc1[C@H](c1cccc2ccccc12)C(C)(C#N)C(=O)N1CCN(c2ccncc2Cl)CC1. The number of pyridine rings is 1. The summed E-state index contributed by atoms with van der Waals surface area (Å²) in [5.74, 6) is -0.0869. The van der Waals surface area contributed by atoms with Gasteiger partial charge in [0.25, 0.3) is 0 Å². The van der Waals surface area contributed by atoms with Crippen molar-refractivity contribution < 1.29 is 9.53 Å². The number of fused-ring (bicyclic) bond motifs is 1. The summed E-state index contributed by atoms with van der Waals surface area (Å²) in [6.45, 7) is 3.97. The third-order valence-electron chi connectivity index (χ3n) is 7.50. The zero-order valence-electron chi connectivity index (χ0n) is 21.5. The summed E-state index contributed by atoms with van der Waals surface area (Å²) < 4.78 is 5.74. The molecule has 3 aromatic carbocycles. The molecule has 0 spiro atoms. The lowest BCUT2D eigenvalue weighted by molar-refractivity contribution is -0.139. The van der Waals surface area contributed by atoms with Crippen molar-refractivity contribution in [1.82, 2.24) is 9.88 Å². The van der Waals surface area contributed by atoms with Crippen molar-refractivity contribution in [2.45, 2.75) is 12.8 Å². The first-order chi connectivity index (χ1) is 18.5. The number of amides is 1. The molecular formula is C31H29ClN4O2. The topological polar surface area (TPSA) is 69.5 Å². The number of ether oxygens (including phenoxy) is 1. The highest BCUT2D eigenvalue weighted by Gasteiger charge is 2.47. The lowest BCUT2D eigenvalue weighted by Gasteiger charge is -2.41. The Bertz CT molecular complexity index is 1500. The second-order valence-corrected chi connectivity index (χ2v) is 10.1. The number of para-hydroxylation sites is 1. The Morgan fingerprint density at radius 2 is 1.68 bits per heavy atom. The van der Waals surface area contributed by atoms with Gasteiger partial charge in [-0.3, -0.25) is 9.78 Å². The van der Waals surface area contributed by atoms with Crippen LogP contribution in [0.1, 0.15) is 24.0 Å². The van der Waals surface area contributed by atoms with Gasteiger partial charge in [0.2, 0.25) is 5.91 Å². The summed E-state index contributed by atoms with van der Waals surface area (Å²) in [5.41, 5.74) is 1.26. The Kier molecular flexibility index (Phi) is 7.22. The number of rotatable bonds is 6. The fourth-order valence-corrected chi connectivity index (χ4v) is 5.77. The number of methoxy groups -OCH3 is 1. The number of piperazine rings is 1. The van der Waals surface area contributed by atoms with Crippen LogP contribution in [0.15, 0.2) is 85.2 Å². The lowest BCUT2D eigenvalue weighted by Crippen LogP contribution is -2.54. The third kappa shape index (κ3) is 4.55. The highest BCUT2D eigenvalue weighted by Crippen LogP contribution is 2.47. The molecule has 0 aliphatic carbocycles. The minimum Gasteiger partial charge on any atom is -0.496 e. The zero-order chi connectivity index (χ0) is 26.7. The van der Waals surface area contributed by atoms with Crippen LogP contribution in [-0.2, 0) is 4.79 Å². The Balaban J connectivity index is 1.55. The molecule has 0 N–H and O–H groups in total. The van der Waals surface area contributed by atoms with E-state index in [0.29, 0.717) is 37.0 Å². The molecule has 1 unspecified atom stereocenters. The molecule has 1 aliphatic rings. The van der Waals surface area contributed by atoms with Crippen LogP contribution in [0.4, 0.5) is 5.69 Å². The molecule has 1 fully saturated rings. The van der Waals surface area contributed by atoms with Gasteiger partial charge in [0.15, 0.2) is 0 Å². The molecule has 7 heteroatoms. The van der Waals surface area contributed by atoms with Gasteiger partial charge < -0.3 is 14.5 Å². The molecule has 1 aliphatic heterocycles. The maximum absolute atomic E-state index is 14.3. The Morgan fingerprint density at radius 3 is 2.42 bits per heavy atom. The van der Waals surface area contributed by atoms with E-state index < -0.39 is 11.3 Å². The van der Waals surface area contributed by atoms with Gasteiger partial charge in [0.1, 0.15) is 11.2 Å². The second kappa shape index (κ2) is 10.7. The van der Waals surface area contributed by atoms with Gasteiger partial charge >= 0.3 is 0 Å². The van der Waals surface area contributed by atoms with Crippen LogP contribution in [0.2, 0.25) is 5.02 Å². The number of hydrogen-bond acceptors (Lipinski definition) is 5. The summed E-state index contributed by atoms with van der Waals surface area (Å²) in [6.07, 6.45) is 3.34. The Morgan fingerprint density at radius 1 is 1.00 bits per heavy atom. The number of hydrogen-bond donors (Lipinski definition) is 0. The molecular weight excluding hydrogens is 496 g/mol. The van der Waals surface area contributed by atoms with Crippen LogP contribution in [0.25, 0.3) is 10.8 Å². The van der Waals surface area contributed by atoms with Gasteiger partial charge in [-0.2, -0.15) is 5.26 Å². The van der Waals surface area contributed by atoms with Crippen molar-refractivity contribution in [3.8, 4) is 11.8 Å². The predicted octanol–water partition coefficient (Wildman–Crippen LogP) is 5.91. The maximum Gasteiger partial charge on any atom is 0.243 e. The van der Waals surface area contributed by atoms with Crippen molar-refractivity contribution in [3.63, 3.8) is 0 Å². The van der Waals surface area contributed by atoms with Crippen LogP contribution < -0.4 is 9.64 Å². The number of nitriles is 1. The monoisotopic (exact) mass is 524 g/mol. The molecule has 1 aromatic heterocycles. The number of carbonyl (C=O) groups excluding carboxylic acids is 1. The van der Waals surface area contributed by atoms with Crippen molar-refractivity contribution in [3.05, 3.63) is 101 Å². The number of halogens is 1. The van der Waals surface area contributed by atoms with Crippen molar-refractivity contribution in [2.75, 3.05) is 38.2 Å². The van der Waals surface area contributed by atoms with Crippen molar-refractivity contribution in [2.24, 2.45) is 5.41 Å². The second-order valence-electron chi connectivity index (χ2n) is 9.66. The Hall–Kier alpha value is -4.08. The highest BCUT2D eigenvalue weighted by molar-refractivity contribution is 6.33. The van der Waals surface area contributed by atoms with E-state index in [1.807, 2.05) is 77.7 Å². The van der Waals surface area contributed by atoms with E-state index in [1.54, 1.807) is 26.4 Å². The van der Waals surface area contributed by atoms with Gasteiger partial charge in [-0.1, -0.05) is 72.3 Å². The van der Waals surface area contributed by atoms with Crippen molar-refractivity contribution >= 4 is 34.0 Å². The first-order valence-corrected chi connectivity index (χ1v) is 13.0. The molecule has 0 bridgehead atoms. The molecule has 38 heavy (non-hydrogen) atoms. The van der Waals surface area contributed by atoms with Crippen LogP contribution in [-0.4, -0.2) is 49.1 Å². The molecule has 5 rings (SSSR count). The molecule has 0 saturated carbocycles. The molecule has 6 nitrogen and oxygen atoms in total. The standard InChI is InChI=1S/C31H29ClN4O2/c1-31(21-33,30(37)36-18-16-35(17-19-36)27-14-15-34-20-26(27)32)29(25-11-5-6-13-28(25)38-2)24-12-7-9-22-8-3-4-10-23(22)24/h3-15,20,29H,16-19H2,1-2H3/t29-,31?/m0/s1. The summed E-state index contributed by atoms with van der Waals surface area (Å²) in [6, 6.07) is 26.1. The summed E-state index contributed by atoms with van der Waals surface area (Å²) in [7, 11) is 1.62. The quantitative estimate of drug-likeness (QED) is 0.314. The van der Waals surface area contributed by atoms with Gasteiger partial charge in [0.05, 0.1) is 23.9 Å². The molecule has 2 heterocycles. The van der Waals surface area contributed by atoms with Gasteiger partial charge in [0, 0.05) is 50.1 Å². The van der Waals surface area contributed by atoms with E-state index in [1.165, 1.54) is 0 Å². The van der Waals surface area contributed by atoms with E-state index in [4.69, 9.17) is 16.3 Å². The van der Waals surface area contributed by atoms with Crippen LogP contribution in [0, 0.1) is 16.7 Å². The molecule has 4 aromatic rings. The largest absolute Gasteiger partial charge is 0.496 e. The van der Waals surface area contributed by atoms with E-state index in [9.17, 15) is 10.1 Å². The van der Waals surface area contributed by atoms with Crippen LogP contribution in [0.5, 0.6) is 5.75 Å². The average molecular weight is 525 g/mol. The normalized spacial score (nSPS) is 15.9. The summed E-state index contributed by atoms with van der Waals surface area (Å²) in [5, 5.41) is 13.4. The molecule has 0 radical (unpaired) electrons. The van der Waals surface area contributed by atoms with E-state index in [-0.39, 0.29) is 5.91 Å². The van der Waals surface area contributed by atoms with Crippen molar-refractivity contribution in [1.29, 1.82) is 5.26 Å². The number of aromatic nitrogens is 1. The fraction of sp³-hybridized carbons (Fsp3) is 0.258. The number of nitrogens with zero attached hydrogens (tertiary/aromatic N) is 4. The third-order valence-corrected chi connectivity index (χ3v) is 7.79. The summed E-state index contributed by atoms with van der Waals surface area (Å²) in [4.78, 5) is 22.3.